The Balaban J connectivity index is 1.94. The minimum absolute atomic E-state index is 0.00714. The van der Waals surface area contributed by atoms with Crippen molar-refractivity contribution in [2.45, 2.75) is 0 Å². The lowest BCUT2D eigenvalue weighted by Gasteiger charge is -2.15. The molecule has 4 amide bonds. The fourth-order valence-corrected chi connectivity index (χ4v) is 1.48. The van der Waals surface area contributed by atoms with Gasteiger partial charge in [-0.3, -0.25) is 0 Å². The predicted molar refractivity (Wildman–Crippen MR) is 64.9 cm³/mol. The molecule has 1 heterocycles. The third-order valence-corrected chi connectivity index (χ3v) is 2.49. The number of rotatable bonds is 6. The van der Waals surface area contributed by atoms with Crippen LogP contribution in [-0.2, 0) is 0 Å². The highest BCUT2D eigenvalue weighted by atomic mass is 16.2. The van der Waals surface area contributed by atoms with Crippen LogP contribution in [0.15, 0.2) is 0 Å². The van der Waals surface area contributed by atoms with E-state index in [1.807, 2.05) is 0 Å². The average molecular weight is 243 g/mol. The summed E-state index contributed by atoms with van der Waals surface area (Å²) in [5.74, 6) is 0. The van der Waals surface area contributed by atoms with Crippen molar-refractivity contribution in [2.75, 3.05) is 53.4 Å². The second kappa shape index (κ2) is 6.95. The van der Waals surface area contributed by atoms with Gasteiger partial charge in [-0.2, -0.15) is 0 Å². The number of hydrogen-bond acceptors (Lipinski definition) is 3. The van der Waals surface area contributed by atoms with E-state index in [9.17, 15) is 9.59 Å². The lowest BCUT2D eigenvalue weighted by Crippen LogP contribution is -2.40. The standard InChI is InChI=1S/C10H21N5O2/c1-14(2)9(16)12-4-3-11-5-7-15-8-6-13-10(15)17/h11H,3-8H2,1-2H3,(H,12,16)(H,13,17). The second-order valence-electron chi connectivity index (χ2n) is 4.10. The zero-order valence-corrected chi connectivity index (χ0v) is 10.5. The molecule has 0 aromatic heterocycles. The predicted octanol–water partition coefficient (Wildman–Crippen LogP) is -1.13. The Hall–Kier alpha value is -1.50. The molecule has 0 atom stereocenters. The van der Waals surface area contributed by atoms with Gasteiger partial charge in [-0.15, -0.1) is 0 Å². The molecule has 0 radical (unpaired) electrons. The van der Waals surface area contributed by atoms with Crippen LogP contribution < -0.4 is 16.0 Å². The Morgan fingerprint density at radius 1 is 1.41 bits per heavy atom. The molecule has 1 rings (SSSR count). The molecule has 7 heteroatoms. The molecule has 0 unspecified atom stereocenters. The Morgan fingerprint density at radius 2 is 2.18 bits per heavy atom. The molecule has 17 heavy (non-hydrogen) atoms. The number of carbonyl (C=O) groups is 2. The summed E-state index contributed by atoms with van der Waals surface area (Å²) in [6, 6.07) is -0.0848. The first-order valence-corrected chi connectivity index (χ1v) is 5.80. The monoisotopic (exact) mass is 243 g/mol. The second-order valence-corrected chi connectivity index (χ2v) is 4.10. The molecule has 0 bridgehead atoms. The molecule has 0 aromatic carbocycles. The van der Waals surface area contributed by atoms with Crippen molar-refractivity contribution in [3.05, 3.63) is 0 Å². The van der Waals surface area contributed by atoms with Crippen LogP contribution >= 0.6 is 0 Å². The zero-order valence-electron chi connectivity index (χ0n) is 10.5. The SMILES string of the molecule is CN(C)C(=O)NCCNCCN1CCNC1=O. The Morgan fingerprint density at radius 3 is 2.76 bits per heavy atom. The van der Waals surface area contributed by atoms with Crippen LogP contribution in [0.2, 0.25) is 0 Å². The van der Waals surface area contributed by atoms with E-state index in [1.54, 1.807) is 19.0 Å². The molecule has 1 saturated heterocycles. The highest BCUT2D eigenvalue weighted by Crippen LogP contribution is 1.93. The van der Waals surface area contributed by atoms with Crippen LogP contribution in [0.1, 0.15) is 0 Å². The van der Waals surface area contributed by atoms with Gasteiger partial charge < -0.3 is 25.8 Å². The fourth-order valence-electron chi connectivity index (χ4n) is 1.48. The van der Waals surface area contributed by atoms with Gasteiger partial charge in [0.05, 0.1) is 0 Å². The van der Waals surface area contributed by atoms with Crippen molar-refractivity contribution >= 4 is 12.1 Å². The van der Waals surface area contributed by atoms with Gasteiger partial charge >= 0.3 is 12.1 Å². The Labute approximate surface area is 102 Å². The summed E-state index contributed by atoms with van der Waals surface area (Å²) >= 11 is 0. The van der Waals surface area contributed by atoms with Crippen LogP contribution in [0, 0.1) is 0 Å². The molecule has 7 nitrogen and oxygen atoms in total. The maximum atomic E-state index is 11.2. The number of carbonyl (C=O) groups excluding carboxylic acids is 2. The molecular formula is C10H21N5O2. The summed E-state index contributed by atoms with van der Waals surface area (Å²) in [7, 11) is 3.41. The Kier molecular flexibility index (Phi) is 5.55. The summed E-state index contributed by atoms with van der Waals surface area (Å²) < 4.78 is 0. The van der Waals surface area contributed by atoms with Crippen LogP contribution in [0.3, 0.4) is 0 Å². The molecule has 98 valence electrons. The van der Waals surface area contributed by atoms with Gasteiger partial charge in [-0.1, -0.05) is 0 Å². The van der Waals surface area contributed by atoms with E-state index in [1.165, 1.54) is 4.90 Å². The Bertz CT molecular complexity index is 269. The van der Waals surface area contributed by atoms with Crippen molar-refractivity contribution in [1.29, 1.82) is 0 Å². The van der Waals surface area contributed by atoms with Gasteiger partial charge in [0, 0.05) is 53.4 Å². The minimum atomic E-state index is -0.0919. The van der Waals surface area contributed by atoms with Crippen molar-refractivity contribution in [2.24, 2.45) is 0 Å². The van der Waals surface area contributed by atoms with Gasteiger partial charge in [0.1, 0.15) is 0 Å². The summed E-state index contributed by atoms with van der Waals surface area (Å²) in [5, 5.41) is 8.67. The van der Waals surface area contributed by atoms with Crippen molar-refractivity contribution in [1.82, 2.24) is 25.8 Å². The highest BCUT2D eigenvalue weighted by molar-refractivity contribution is 5.76. The molecule has 1 aliphatic rings. The normalized spacial score (nSPS) is 14.7. The number of urea groups is 2. The van der Waals surface area contributed by atoms with Gasteiger partial charge in [-0.25, -0.2) is 9.59 Å². The smallest absolute Gasteiger partial charge is 0.317 e. The highest BCUT2D eigenvalue weighted by Gasteiger charge is 2.17. The average Bonchev–Trinajstić information content (AvgIpc) is 2.68. The first kappa shape index (κ1) is 13.6. The van der Waals surface area contributed by atoms with Crippen molar-refractivity contribution < 1.29 is 9.59 Å². The maximum Gasteiger partial charge on any atom is 0.317 e. The third-order valence-electron chi connectivity index (χ3n) is 2.49. The summed E-state index contributed by atoms with van der Waals surface area (Å²) in [6.07, 6.45) is 0. The quantitative estimate of drug-likeness (QED) is 0.517. The molecule has 1 fully saturated rings. The maximum absolute atomic E-state index is 11.2. The molecule has 0 aromatic rings. The molecular weight excluding hydrogens is 222 g/mol. The fraction of sp³-hybridized carbons (Fsp3) is 0.800. The number of nitrogens with zero attached hydrogens (tertiary/aromatic N) is 2. The molecule has 0 saturated carbocycles. The topological polar surface area (TPSA) is 76.7 Å². The first-order chi connectivity index (χ1) is 8.11. The van der Waals surface area contributed by atoms with E-state index in [4.69, 9.17) is 0 Å². The van der Waals surface area contributed by atoms with Crippen LogP contribution in [0.4, 0.5) is 9.59 Å². The van der Waals surface area contributed by atoms with E-state index in [0.29, 0.717) is 19.6 Å². The van der Waals surface area contributed by atoms with Crippen LogP contribution in [0.25, 0.3) is 0 Å². The third kappa shape index (κ3) is 4.90. The largest absolute Gasteiger partial charge is 0.337 e. The zero-order chi connectivity index (χ0) is 12.7. The van der Waals surface area contributed by atoms with Gasteiger partial charge in [0.15, 0.2) is 0 Å². The van der Waals surface area contributed by atoms with E-state index in [2.05, 4.69) is 16.0 Å². The molecule has 0 aliphatic carbocycles. The molecule has 3 N–H and O–H groups in total. The number of hydrogen-bond donors (Lipinski definition) is 3. The van der Waals surface area contributed by atoms with E-state index >= 15 is 0 Å². The summed E-state index contributed by atoms with van der Waals surface area (Å²) in [6.45, 7) is 4.24. The minimum Gasteiger partial charge on any atom is -0.337 e. The van der Waals surface area contributed by atoms with Crippen molar-refractivity contribution in [3.8, 4) is 0 Å². The molecule has 1 aliphatic heterocycles. The summed E-state index contributed by atoms with van der Waals surface area (Å²) in [5.41, 5.74) is 0. The van der Waals surface area contributed by atoms with E-state index in [0.717, 1.165) is 19.6 Å². The number of amides is 4. The number of nitrogens with one attached hydrogen (secondary N) is 3. The molecule has 0 spiro atoms. The lowest BCUT2D eigenvalue weighted by molar-refractivity contribution is 0.216. The van der Waals surface area contributed by atoms with Gasteiger partial charge in [-0.05, 0) is 0 Å². The van der Waals surface area contributed by atoms with Crippen molar-refractivity contribution in [3.63, 3.8) is 0 Å². The van der Waals surface area contributed by atoms with E-state index < -0.39 is 0 Å². The first-order valence-electron chi connectivity index (χ1n) is 5.80. The van der Waals surface area contributed by atoms with Gasteiger partial charge in [0.25, 0.3) is 0 Å². The van der Waals surface area contributed by atoms with Crippen LogP contribution in [0.5, 0.6) is 0 Å². The van der Waals surface area contributed by atoms with Gasteiger partial charge in [0.2, 0.25) is 0 Å². The lowest BCUT2D eigenvalue weighted by atomic mass is 10.5. The van der Waals surface area contributed by atoms with E-state index in [-0.39, 0.29) is 12.1 Å². The summed E-state index contributed by atoms with van der Waals surface area (Å²) in [4.78, 5) is 25.6. The van der Waals surface area contributed by atoms with Crippen LogP contribution in [-0.4, -0.2) is 75.2 Å².